The molecule has 5 heteroatoms. The molecule has 0 aliphatic heterocycles. The molecule has 2 aromatic heterocycles. The maximum atomic E-state index is 5.89. The highest BCUT2D eigenvalue weighted by atomic mass is 79.9. The summed E-state index contributed by atoms with van der Waals surface area (Å²) in [5.41, 5.74) is 7.10. The van der Waals surface area contributed by atoms with Gasteiger partial charge in [0, 0.05) is 21.8 Å². The molecule has 0 unspecified atom stereocenters. The van der Waals surface area contributed by atoms with Crippen LogP contribution in [-0.4, -0.2) is 16.5 Å². The van der Waals surface area contributed by atoms with E-state index in [0.717, 1.165) is 28.8 Å². The van der Waals surface area contributed by atoms with Crippen molar-refractivity contribution >= 4 is 27.3 Å². The highest BCUT2D eigenvalue weighted by molar-refractivity contribution is 9.10. The van der Waals surface area contributed by atoms with Crippen LogP contribution in [0.15, 0.2) is 22.1 Å². The molecule has 1 aliphatic carbocycles. The second-order valence-corrected chi connectivity index (χ2v) is 6.44. The Labute approximate surface area is 113 Å². The van der Waals surface area contributed by atoms with Gasteiger partial charge in [-0.05, 0) is 34.8 Å². The maximum absolute atomic E-state index is 5.89. The lowest BCUT2D eigenvalue weighted by Crippen LogP contribution is -2.42. The summed E-state index contributed by atoms with van der Waals surface area (Å²) in [6.07, 6.45) is 5.50. The second kappa shape index (κ2) is 4.23. The summed E-state index contributed by atoms with van der Waals surface area (Å²) in [4.78, 5) is 9.17. The Morgan fingerprint density at radius 1 is 1.53 bits per heavy atom. The standard InChI is InChI=1S/C12H14BrN3S/c13-8-4-10(17-6-8)9-5-15-11(16-9)12(7-14)2-1-3-12/h4-6H,1-3,7,14H2,(H,15,16). The second-order valence-electron chi connectivity index (χ2n) is 4.61. The Morgan fingerprint density at radius 3 is 2.88 bits per heavy atom. The van der Waals surface area contributed by atoms with Gasteiger partial charge in [0.2, 0.25) is 0 Å². The highest BCUT2D eigenvalue weighted by Crippen LogP contribution is 2.42. The zero-order valence-corrected chi connectivity index (χ0v) is 11.8. The molecule has 0 amide bonds. The van der Waals surface area contributed by atoms with E-state index in [0.29, 0.717) is 6.54 Å². The zero-order chi connectivity index (χ0) is 11.9. The summed E-state index contributed by atoms with van der Waals surface area (Å²) in [5.74, 6) is 1.06. The van der Waals surface area contributed by atoms with E-state index < -0.39 is 0 Å². The van der Waals surface area contributed by atoms with Gasteiger partial charge in [0.15, 0.2) is 0 Å². The molecule has 1 saturated carbocycles. The number of nitrogens with one attached hydrogen (secondary N) is 1. The smallest absolute Gasteiger partial charge is 0.114 e. The molecule has 0 aromatic carbocycles. The third-order valence-electron chi connectivity index (χ3n) is 3.61. The first-order valence-corrected chi connectivity index (χ1v) is 7.41. The van der Waals surface area contributed by atoms with Crippen LogP contribution in [0.1, 0.15) is 25.1 Å². The number of hydrogen-bond donors (Lipinski definition) is 2. The average molecular weight is 312 g/mol. The lowest BCUT2D eigenvalue weighted by molar-refractivity contribution is 0.240. The van der Waals surface area contributed by atoms with E-state index in [4.69, 9.17) is 5.73 Å². The highest BCUT2D eigenvalue weighted by Gasteiger charge is 2.39. The molecular formula is C12H14BrN3S. The number of imidazole rings is 1. The summed E-state index contributed by atoms with van der Waals surface area (Å²) >= 11 is 5.18. The normalized spacial score (nSPS) is 18.0. The molecule has 2 heterocycles. The first kappa shape index (κ1) is 11.4. The lowest BCUT2D eigenvalue weighted by atomic mass is 9.68. The predicted molar refractivity (Wildman–Crippen MR) is 74.2 cm³/mol. The first-order valence-electron chi connectivity index (χ1n) is 5.73. The van der Waals surface area contributed by atoms with Crippen LogP contribution >= 0.6 is 27.3 Å². The number of thiophene rings is 1. The van der Waals surface area contributed by atoms with Crippen LogP contribution in [-0.2, 0) is 5.41 Å². The van der Waals surface area contributed by atoms with Crippen LogP contribution in [0.5, 0.6) is 0 Å². The minimum atomic E-state index is 0.118. The molecule has 0 spiro atoms. The number of hydrogen-bond acceptors (Lipinski definition) is 3. The largest absolute Gasteiger partial charge is 0.341 e. The molecule has 0 bridgehead atoms. The number of nitrogens with zero attached hydrogens (tertiary/aromatic N) is 1. The monoisotopic (exact) mass is 311 g/mol. The molecule has 0 atom stereocenters. The Kier molecular flexibility index (Phi) is 2.84. The molecule has 0 radical (unpaired) electrons. The third kappa shape index (κ3) is 1.86. The van der Waals surface area contributed by atoms with E-state index in [2.05, 4.69) is 37.3 Å². The van der Waals surface area contributed by atoms with Gasteiger partial charge in [-0.25, -0.2) is 4.98 Å². The van der Waals surface area contributed by atoms with Gasteiger partial charge in [0.25, 0.3) is 0 Å². The van der Waals surface area contributed by atoms with Crippen molar-refractivity contribution < 1.29 is 0 Å². The van der Waals surface area contributed by atoms with E-state index in [9.17, 15) is 0 Å². The van der Waals surface area contributed by atoms with Crippen molar-refractivity contribution in [2.75, 3.05) is 6.54 Å². The Balaban J connectivity index is 1.92. The average Bonchev–Trinajstić information content (AvgIpc) is 2.86. The third-order valence-corrected chi connectivity index (χ3v) is 5.34. The Morgan fingerprint density at radius 2 is 2.35 bits per heavy atom. The fourth-order valence-electron chi connectivity index (χ4n) is 2.31. The molecule has 3 nitrogen and oxygen atoms in total. The molecule has 2 aromatic rings. The quantitative estimate of drug-likeness (QED) is 0.914. The number of H-pyrrole nitrogens is 1. The number of halogens is 1. The molecule has 90 valence electrons. The van der Waals surface area contributed by atoms with Crippen molar-refractivity contribution in [3.8, 4) is 10.6 Å². The topological polar surface area (TPSA) is 54.7 Å². The number of rotatable bonds is 3. The Hall–Kier alpha value is -0.650. The molecule has 3 rings (SSSR count). The van der Waals surface area contributed by atoms with Crippen LogP contribution in [0.4, 0.5) is 0 Å². The fraction of sp³-hybridized carbons (Fsp3) is 0.417. The molecule has 3 N–H and O–H groups in total. The van der Waals surface area contributed by atoms with Gasteiger partial charge in [-0.2, -0.15) is 0 Å². The van der Waals surface area contributed by atoms with Crippen LogP contribution in [0, 0.1) is 0 Å². The Bertz CT molecular complexity index is 522. The molecular weight excluding hydrogens is 298 g/mol. The van der Waals surface area contributed by atoms with E-state index in [1.54, 1.807) is 11.3 Å². The van der Waals surface area contributed by atoms with E-state index in [-0.39, 0.29) is 5.41 Å². The van der Waals surface area contributed by atoms with Crippen molar-refractivity contribution in [3.05, 3.63) is 27.9 Å². The van der Waals surface area contributed by atoms with Crippen molar-refractivity contribution in [2.24, 2.45) is 5.73 Å². The zero-order valence-electron chi connectivity index (χ0n) is 9.37. The van der Waals surface area contributed by atoms with Gasteiger partial charge in [-0.1, -0.05) is 6.42 Å². The van der Waals surface area contributed by atoms with E-state index in [1.807, 2.05) is 6.20 Å². The minimum Gasteiger partial charge on any atom is -0.341 e. The molecule has 1 aliphatic rings. The van der Waals surface area contributed by atoms with Gasteiger partial charge in [0.05, 0.1) is 16.8 Å². The number of aromatic nitrogens is 2. The summed E-state index contributed by atoms with van der Waals surface area (Å²) in [7, 11) is 0. The van der Waals surface area contributed by atoms with E-state index >= 15 is 0 Å². The van der Waals surface area contributed by atoms with Crippen molar-refractivity contribution in [3.63, 3.8) is 0 Å². The van der Waals surface area contributed by atoms with Crippen molar-refractivity contribution in [1.29, 1.82) is 0 Å². The number of aromatic amines is 1. The van der Waals surface area contributed by atoms with Crippen LogP contribution in [0.3, 0.4) is 0 Å². The SMILES string of the molecule is NCC1(c2ncc(-c3cc(Br)cs3)[nH]2)CCC1. The summed E-state index contributed by atoms with van der Waals surface area (Å²) in [5, 5.41) is 2.08. The van der Waals surface area contributed by atoms with Gasteiger partial charge in [-0.15, -0.1) is 11.3 Å². The number of nitrogens with two attached hydrogens (primary N) is 1. The lowest BCUT2D eigenvalue weighted by Gasteiger charge is -2.38. The maximum Gasteiger partial charge on any atom is 0.114 e. The van der Waals surface area contributed by atoms with Crippen LogP contribution in [0.25, 0.3) is 10.6 Å². The van der Waals surface area contributed by atoms with Gasteiger partial charge < -0.3 is 10.7 Å². The minimum absolute atomic E-state index is 0.118. The van der Waals surface area contributed by atoms with Crippen molar-refractivity contribution in [1.82, 2.24) is 9.97 Å². The van der Waals surface area contributed by atoms with E-state index in [1.165, 1.54) is 11.3 Å². The summed E-state index contributed by atoms with van der Waals surface area (Å²) < 4.78 is 1.12. The molecule has 17 heavy (non-hydrogen) atoms. The van der Waals surface area contributed by atoms with Gasteiger partial charge >= 0.3 is 0 Å². The van der Waals surface area contributed by atoms with Crippen molar-refractivity contribution in [2.45, 2.75) is 24.7 Å². The summed E-state index contributed by atoms with van der Waals surface area (Å²) in [6, 6.07) is 2.11. The molecule has 1 fully saturated rings. The summed E-state index contributed by atoms with van der Waals surface area (Å²) in [6.45, 7) is 0.689. The fourth-order valence-corrected chi connectivity index (χ4v) is 3.71. The van der Waals surface area contributed by atoms with Gasteiger partial charge in [-0.3, -0.25) is 0 Å². The first-order chi connectivity index (χ1) is 8.23. The van der Waals surface area contributed by atoms with Gasteiger partial charge in [0.1, 0.15) is 5.82 Å². The predicted octanol–water partition coefficient (Wildman–Crippen LogP) is 3.28. The molecule has 0 saturated heterocycles. The van der Waals surface area contributed by atoms with Crippen LogP contribution in [0.2, 0.25) is 0 Å². The van der Waals surface area contributed by atoms with Crippen LogP contribution < -0.4 is 5.73 Å².